The first kappa shape index (κ1) is 31.1. The van der Waals surface area contributed by atoms with Crippen molar-refractivity contribution in [2.75, 3.05) is 36.9 Å². The predicted molar refractivity (Wildman–Crippen MR) is 175 cm³/mol. The summed E-state index contributed by atoms with van der Waals surface area (Å²) in [4.78, 5) is 14.3. The van der Waals surface area contributed by atoms with E-state index in [0.717, 1.165) is 54.3 Å². The Hall–Kier alpha value is -4.94. The number of aromatic nitrogens is 6. The van der Waals surface area contributed by atoms with Gasteiger partial charge in [0.25, 0.3) is 0 Å². The summed E-state index contributed by atoms with van der Waals surface area (Å²) in [7, 11) is 0. The first-order valence-corrected chi connectivity index (χ1v) is 15.7. The molecule has 2 N–H and O–H groups in total. The van der Waals surface area contributed by atoms with Crippen LogP contribution in [0.5, 0.6) is 5.75 Å². The van der Waals surface area contributed by atoms with Crippen LogP contribution >= 0.6 is 0 Å². The number of hydrogen-bond donors (Lipinski definition) is 2. The fraction of sp³-hybridized carbons (Fsp3) is 0.353. The molecule has 0 amide bonds. The molecule has 0 spiro atoms. The molecule has 12 nitrogen and oxygen atoms in total. The molecule has 1 saturated heterocycles. The Morgan fingerprint density at radius 2 is 1.61 bits per heavy atom. The minimum Gasteiger partial charge on any atom is -0.491 e. The third-order valence-corrected chi connectivity index (χ3v) is 7.93. The normalized spacial score (nSPS) is 18.3. The van der Waals surface area contributed by atoms with Crippen molar-refractivity contribution in [2.24, 2.45) is 0 Å². The Balaban J connectivity index is 0.945. The van der Waals surface area contributed by atoms with Crippen molar-refractivity contribution in [3.8, 4) is 11.4 Å². The standard InChI is InChI=1S/C34H40N8O4/c1-3-7-26(2)42-33(43)40(25-39-42)30-14-10-28(11-15-30)35-18-19-36-29-12-16-31(17-13-29)44-22-32-23-45-34(46-32,24-41-37-20-21-38-41)27-8-5-4-6-9-27/h4-6,8-17,20-21,25-26,32,35-36H,3,7,18-19,22-24H2,1-2H3/t26?,32-,34-/m1/s1. The summed E-state index contributed by atoms with van der Waals surface area (Å²) in [6, 6.07) is 25.6. The van der Waals surface area contributed by atoms with Crippen LogP contribution in [0.25, 0.3) is 5.69 Å². The van der Waals surface area contributed by atoms with Crippen LogP contribution in [-0.4, -0.2) is 61.7 Å². The molecule has 3 atom stereocenters. The summed E-state index contributed by atoms with van der Waals surface area (Å²) in [5.74, 6) is -0.225. The van der Waals surface area contributed by atoms with Crippen LogP contribution < -0.4 is 21.1 Å². The molecule has 6 rings (SSSR count). The molecule has 0 radical (unpaired) electrons. The maximum Gasteiger partial charge on any atom is 0.350 e. The third kappa shape index (κ3) is 7.30. The summed E-state index contributed by atoms with van der Waals surface area (Å²) in [6.07, 6.45) is 6.54. The second-order valence-electron chi connectivity index (χ2n) is 11.3. The molecule has 0 bridgehead atoms. The smallest absolute Gasteiger partial charge is 0.350 e. The first-order chi connectivity index (χ1) is 22.5. The van der Waals surface area contributed by atoms with Gasteiger partial charge in [-0.05, 0) is 61.9 Å². The Kier molecular flexibility index (Phi) is 9.75. The van der Waals surface area contributed by atoms with E-state index in [0.29, 0.717) is 19.8 Å². The average molecular weight is 625 g/mol. The van der Waals surface area contributed by atoms with Gasteiger partial charge in [-0.25, -0.2) is 14.0 Å². The fourth-order valence-corrected chi connectivity index (χ4v) is 5.52. The molecular weight excluding hydrogens is 584 g/mol. The highest BCUT2D eigenvalue weighted by atomic mass is 16.8. The average Bonchev–Trinajstić information content (AvgIpc) is 3.85. The SMILES string of the molecule is CCCC(C)n1ncn(-c2ccc(NCCNc3ccc(OC[C@@H]4CO[C@@](Cn5nccn5)(c5ccccc5)O4)cc3)cc2)c1=O. The minimum absolute atomic E-state index is 0.0794. The maximum atomic E-state index is 12.8. The van der Waals surface area contributed by atoms with Crippen LogP contribution in [0.4, 0.5) is 11.4 Å². The molecule has 1 unspecified atom stereocenters. The Morgan fingerprint density at radius 3 is 2.28 bits per heavy atom. The van der Waals surface area contributed by atoms with Gasteiger partial charge in [0.2, 0.25) is 5.79 Å². The van der Waals surface area contributed by atoms with E-state index < -0.39 is 5.79 Å². The van der Waals surface area contributed by atoms with Gasteiger partial charge in [-0.2, -0.15) is 20.1 Å². The van der Waals surface area contributed by atoms with Crippen molar-refractivity contribution in [1.29, 1.82) is 0 Å². The molecule has 5 aromatic rings. The van der Waals surface area contributed by atoms with Crippen LogP contribution in [-0.2, 0) is 21.8 Å². The van der Waals surface area contributed by atoms with E-state index in [2.05, 4.69) is 32.9 Å². The van der Waals surface area contributed by atoms with Crippen molar-refractivity contribution >= 4 is 11.4 Å². The quantitative estimate of drug-likeness (QED) is 0.157. The van der Waals surface area contributed by atoms with E-state index in [1.54, 1.807) is 32.8 Å². The van der Waals surface area contributed by atoms with Crippen molar-refractivity contribution in [3.05, 3.63) is 114 Å². The zero-order chi connectivity index (χ0) is 31.8. The molecule has 0 aliphatic carbocycles. The van der Waals surface area contributed by atoms with Crippen LogP contribution in [0.2, 0.25) is 0 Å². The summed E-state index contributed by atoms with van der Waals surface area (Å²) in [6.45, 7) is 6.66. The van der Waals surface area contributed by atoms with Gasteiger partial charge in [0.1, 0.15) is 31.3 Å². The second-order valence-corrected chi connectivity index (χ2v) is 11.3. The number of hydrogen-bond acceptors (Lipinski definition) is 9. The summed E-state index contributed by atoms with van der Waals surface area (Å²) < 4.78 is 21.8. The minimum atomic E-state index is -0.978. The van der Waals surface area contributed by atoms with E-state index in [4.69, 9.17) is 14.2 Å². The highest BCUT2D eigenvalue weighted by Crippen LogP contribution is 2.36. The first-order valence-electron chi connectivity index (χ1n) is 15.7. The molecule has 240 valence electrons. The predicted octanol–water partition coefficient (Wildman–Crippen LogP) is 4.86. The molecule has 1 aliphatic rings. The molecule has 2 aromatic heterocycles. The largest absolute Gasteiger partial charge is 0.491 e. The van der Waals surface area contributed by atoms with Crippen LogP contribution in [0.15, 0.2) is 102 Å². The third-order valence-electron chi connectivity index (χ3n) is 7.93. The lowest BCUT2D eigenvalue weighted by atomic mass is 10.1. The second kappa shape index (κ2) is 14.4. The Morgan fingerprint density at radius 1 is 0.935 bits per heavy atom. The molecule has 3 heterocycles. The molecule has 46 heavy (non-hydrogen) atoms. The van der Waals surface area contributed by atoms with E-state index in [1.165, 1.54) is 0 Å². The van der Waals surface area contributed by atoms with Crippen LogP contribution in [0, 0.1) is 0 Å². The van der Waals surface area contributed by atoms with Crippen molar-refractivity contribution < 1.29 is 14.2 Å². The topological polar surface area (TPSA) is 122 Å². The van der Waals surface area contributed by atoms with E-state index in [9.17, 15) is 4.79 Å². The number of anilines is 2. The van der Waals surface area contributed by atoms with Crippen LogP contribution in [0.3, 0.4) is 0 Å². The van der Waals surface area contributed by atoms with Crippen molar-refractivity contribution in [1.82, 2.24) is 29.3 Å². The Labute approximate surface area is 267 Å². The van der Waals surface area contributed by atoms with Gasteiger partial charge in [0.05, 0.1) is 30.7 Å². The molecule has 12 heteroatoms. The van der Waals surface area contributed by atoms with Gasteiger partial charge in [0, 0.05) is 30.0 Å². The van der Waals surface area contributed by atoms with E-state index in [1.807, 2.05) is 85.8 Å². The summed E-state index contributed by atoms with van der Waals surface area (Å²) >= 11 is 0. The molecule has 0 saturated carbocycles. The van der Waals surface area contributed by atoms with E-state index in [-0.39, 0.29) is 17.8 Å². The summed E-state index contributed by atoms with van der Waals surface area (Å²) in [5, 5.41) is 19.6. The van der Waals surface area contributed by atoms with Gasteiger partial charge < -0.3 is 24.8 Å². The molecule has 3 aromatic carbocycles. The lowest BCUT2D eigenvalue weighted by Crippen LogP contribution is -2.35. The lowest BCUT2D eigenvalue weighted by Gasteiger charge is -2.28. The van der Waals surface area contributed by atoms with E-state index >= 15 is 0 Å². The fourth-order valence-electron chi connectivity index (χ4n) is 5.52. The number of benzene rings is 3. The van der Waals surface area contributed by atoms with Crippen molar-refractivity contribution in [3.63, 3.8) is 0 Å². The summed E-state index contributed by atoms with van der Waals surface area (Å²) in [5.41, 5.74) is 3.56. The molecule has 1 fully saturated rings. The van der Waals surface area contributed by atoms with Gasteiger partial charge in [-0.15, -0.1) is 0 Å². The number of rotatable bonds is 15. The van der Waals surface area contributed by atoms with Gasteiger partial charge in [-0.3, -0.25) is 0 Å². The number of nitrogens with one attached hydrogen (secondary N) is 2. The maximum absolute atomic E-state index is 12.8. The molecular formula is C34H40N8O4. The monoisotopic (exact) mass is 624 g/mol. The number of ether oxygens (including phenoxy) is 3. The zero-order valence-electron chi connectivity index (χ0n) is 26.2. The molecule has 1 aliphatic heterocycles. The van der Waals surface area contributed by atoms with Gasteiger partial charge in [0.15, 0.2) is 0 Å². The van der Waals surface area contributed by atoms with Crippen LogP contribution in [0.1, 0.15) is 38.3 Å². The highest BCUT2D eigenvalue weighted by Gasteiger charge is 2.44. The highest BCUT2D eigenvalue weighted by molar-refractivity contribution is 5.50. The number of nitrogens with zero attached hydrogens (tertiary/aromatic N) is 6. The van der Waals surface area contributed by atoms with Gasteiger partial charge >= 0.3 is 5.69 Å². The lowest BCUT2D eigenvalue weighted by molar-refractivity contribution is -0.192. The van der Waals surface area contributed by atoms with Gasteiger partial charge in [-0.1, -0.05) is 43.7 Å². The van der Waals surface area contributed by atoms with Crippen molar-refractivity contribution in [2.45, 2.75) is 51.2 Å². The Bertz CT molecular complexity index is 1700. The zero-order valence-corrected chi connectivity index (χ0v) is 26.2.